The lowest BCUT2D eigenvalue weighted by atomic mass is 9.82. The van der Waals surface area contributed by atoms with E-state index in [4.69, 9.17) is 0 Å². The largest absolute Gasteiger partial charge is 0.319 e. The molecule has 2 rings (SSSR count). The van der Waals surface area contributed by atoms with Gasteiger partial charge in [-0.3, -0.25) is 0 Å². The quantitative estimate of drug-likeness (QED) is 0.775. The minimum atomic E-state index is 0.810. The van der Waals surface area contributed by atoms with Gasteiger partial charge < -0.3 is 5.32 Å². The van der Waals surface area contributed by atoms with Crippen molar-refractivity contribution in [3.8, 4) is 0 Å². The highest BCUT2D eigenvalue weighted by atomic mass is 14.8. The molecule has 1 N–H and O–H groups in total. The summed E-state index contributed by atoms with van der Waals surface area (Å²) in [5.41, 5.74) is 2.91. The molecule has 0 amide bonds. The summed E-state index contributed by atoms with van der Waals surface area (Å²) in [6, 6.07) is 9.06. The Hall–Kier alpha value is -0.820. The molecule has 1 heteroatoms. The topological polar surface area (TPSA) is 12.0 Å². The zero-order chi connectivity index (χ0) is 13.5. The molecular weight excluding hydrogens is 230 g/mol. The maximum atomic E-state index is 3.42. The van der Waals surface area contributed by atoms with E-state index in [-0.39, 0.29) is 0 Å². The smallest absolute Gasteiger partial charge is 0.00177 e. The van der Waals surface area contributed by atoms with E-state index < -0.39 is 0 Å². The molecule has 0 aliphatic heterocycles. The van der Waals surface area contributed by atoms with Crippen LogP contribution in [0.25, 0.3) is 0 Å². The Balaban J connectivity index is 2.02. The van der Waals surface area contributed by atoms with E-state index in [1.807, 2.05) is 0 Å². The van der Waals surface area contributed by atoms with E-state index in [1.54, 1.807) is 0 Å². The summed E-state index contributed by atoms with van der Waals surface area (Å²) in [6.45, 7) is 3.36. The monoisotopic (exact) mass is 259 g/mol. The Morgan fingerprint density at radius 2 is 1.89 bits per heavy atom. The molecule has 1 aliphatic carbocycles. The fraction of sp³-hybridized carbons (Fsp3) is 0.667. The average molecular weight is 259 g/mol. The van der Waals surface area contributed by atoms with Gasteiger partial charge in [-0.1, -0.05) is 68.4 Å². The summed E-state index contributed by atoms with van der Waals surface area (Å²) < 4.78 is 0. The maximum Gasteiger partial charge on any atom is -0.00177 e. The van der Waals surface area contributed by atoms with Crippen molar-refractivity contribution in [2.24, 2.45) is 11.8 Å². The van der Waals surface area contributed by atoms with Gasteiger partial charge in [0.05, 0.1) is 0 Å². The molecule has 1 atom stereocenters. The third-order valence-corrected chi connectivity index (χ3v) is 4.61. The molecule has 1 aromatic rings. The standard InChI is InChI=1S/C18H29N/c1-15-8-7-9-16(12-15)13-18(14-19-2)17-10-5-3-4-6-11-17/h7-9,12,17-19H,3-6,10-11,13-14H2,1-2H3. The fourth-order valence-corrected chi connectivity index (χ4v) is 3.59. The lowest BCUT2D eigenvalue weighted by molar-refractivity contribution is 0.289. The number of rotatable bonds is 5. The molecule has 0 saturated heterocycles. The maximum absolute atomic E-state index is 3.42. The van der Waals surface area contributed by atoms with Crippen LogP contribution in [0.2, 0.25) is 0 Å². The molecule has 1 fully saturated rings. The molecule has 19 heavy (non-hydrogen) atoms. The van der Waals surface area contributed by atoms with Crippen molar-refractivity contribution in [3.05, 3.63) is 35.4 Å². The lowest BCUT2D eigenvalue weighted by Crippen LogP contribution is -2.27. The van der Waals surface area contributed by atoms with Crippen molar-refractivity contribution >= 4 is 0 Å². The van der Waals surface area contributed by atoms with Crippen molar-refractivity contribution in [3.63, 3.8) is 0 Å². The first-order valence-corrected chi connectivity index (χ1v) is 7.99. The third kappa shape index (κ3) is 4.65. The second-order valence-corrected chi connectivity index (χ2v) is 6.26. The highest BCUT2D eigenvalue weighted by Crippen LogP contribution is 2.31. The van der Waals surface area contributed by atoms with Crippen LogP contribution < -0.4 is 5.32 Å². The van der Waals surface area contributed by atoms with Crippen molar-refractivity contribution in [1.29, 1.82) is 0 Å². The van der Waals surface area contributed by atoms with Crippen LogP contribution in [-0.4, -0.2) is 13.6 Å². The molecule has 1 saturated carbocycles. The van der Waals surface area contributed by atoms with Gasteiger partial charge in [-0.2, -0.15) is 0 Å². The number of aryl methyl sites for hydroxylation is 1. The normalized spacial score (nSPS) is 19.1. The molecule has 1 nitrogen and oxygen atoms in total. The highest BCUT2D eigenvalue weighted by molar-refractivity contribution is 5.22. The van der Waals surface area contributed by atoms with Gasteiger partial charge in [0, 0.05) is 0 Å². The predicted molar refractivity (Wildman–Crippen MR) is 83.5 cm³/mol. The molecule has 0 spiro atoms. The molecule has 1 unspecified atom stereocenters. The first-order chi connectivity index (χ1) is 9.29. The van der Waals surface area contributed by atoms with E-state index in [0.717, 1.165) is 11.8 Å². The first kappa shape index (κ1) is 14.6. The van der Waals surface area contributed by atoms with Crippen LogP contribution in [0.4, 0.5) is 0 Å². The zero-order valence-corrected chi connectivity index (χ0v) is 12.6. The second-order valence-electron chi connectivity index (χ2n) is 6.26. The van der Waals surface area contributed by atoms with Crippen LogP contribution in [0.15, 0.2) is 24.3 Å². The Bertz CT molecular complexity index is 364. The van der Waals surface area contributed by atoms with Gasteiger partial charge >= 0.3 is 0 Å². The number of benzene rings is 1. The van der Waals surface area contributed by atoms with Crippen molar-refractivity contribution in [2.75, 3.05) is 13.6 Å². The molecular formula is C18H29N. The van der Waals surface area contributed by atoms with Crippen molar-refractivity contribution in [1.82, 2.24) is 5.32 Å². The third-order valence-electron chi connectivity index (χ3n) is 4.61. The summed E-state index contributed by atoms with van der Waals surface area (Å²) in [6.07, 6.45) is 9.92. The van der Waals surface area contributed by atoms with Crippen LogP contribution in [0.3, 0.4) is 0 Å². The van der Waals surface area contributed by atoms with Crippen molar-refractivity contribution < 1.29 is 0 Å². The summed E-state index contributed by atoms with van der Waals surface area (Å²) in [5.74, 6) is 1.74. The van der Waals surface area contributed by atoms with E-state index in [9.17, 15) is 0 Å². The molecule has 0 heterocycles. The van der Waals surface area contributed by atoms with Crippen molar-refractivity contribution in [2.45, 2.75) is 51.9 Å². The first-order valence-electron chi connectivity index (χ1n) is 7.99. The summed E-state index contributed by atoms with van der Waals surface area (Å²) in [7, 11) is 2.10. The Morgan fingerprint density at radius 1 is 1.16 bits per heavy atom. The van der Waals surface area contributed by atoms with Crippen LogP contribution in [0, 0.1) is 18.8 Å². The molecule has 106 valence electrons. The van der Waals surface area contributed by atoms with Gasteiger partial charge in [0.2, 0.25) is 0 Å². The Kier molecular flexibility index (Phi) is 5.91. The highest BCUT2D eigenvalue weighted by Gasteiger charge is 2.22. The van der Waals surface area contributed by atoms with E-state index >= 15 is 0 Å². The molecule has 1 aromatic carbocycles. The molecule has 0 aromatic heterocycles. The minimum Gasteiger partial charge on any atom is -0.319 e. The van der Waals surface area contributed by atoms with Gasteiger partial charge in [-0.25, -0.2) is 0 Å². The predicted octanol–water partition coefficient (Wildman–Crippen LogP) is 4.34. The Morgan fingerprint density at radius 3 is 2.53 bits per heavy atom. The van der Waals surface area contributed by atoms with Gasteiger partial charge in [0.1, 0.15) is 0 Å². The average Bonchev–Trinajstić information content (AvgIpc) is 2.67. The summed E-state index contributed by atoms with van der Waals surface area (Å²) in [5, 5.41) is 3.42. The molecule has 1 aliphatic rings. The minimum absolute atomic E-state index is 0.810. The van der Waals surface area contributed by atoms with E-state index in [1.165, 1.54) is 62.6 Å². The second kappa shape index (κ2) is 7.69. The van der Waals surface area contributed by atoms with Crippen LogP contribution in [-0.2, 0) is 6.42 Å². The molecule has 0 radical (unpaired) electrons. The summed E-state index contributed by atoms with van der Waals surface area (Å²) in [4.78, 5) is 0. The molecule has 0 bridgehead atoms. The number of hydrogen-bond donors (Lipinski definition) is 1. The fourth-order valence-electron chi connectivity index (χ4n) is 3.59. The Labute approximate surface area is 118 Å². The number of nitrogens with one attached hydrogen (secondary N) is 1. The lowest BCUT2D eigenvalue weighted by Gasteiger charge is -2.26. The van der Waals surface area contributed by atoms with Gasteiger partial charge in [-0.05, 0) is 44.3 Å². The van der Waals surface area contributed by atoms with Crippen LogP contribution in [0.5, 0.6) is 0 Å². The van der Waals surface area contributed by atoms with Crippen LogP contribution in [0.1, 0.15) is 49.7 Å². The van der Waals surface area contributed by atoms with Gasteiger partial charge in [0.25, 0.3) is 0 Å². The SMILES string of the molecule is CNCC(Cc1cccc(C)c1)C1CCCCCC1. The summed E-state index contributed by atoms with van der Waals surface area (Å²) >= 11 is 0. The number of hydrogen-bond acceptors (Lipinski definition) is 1. The zero-order valence-electron chi connectivity index (χ0n) is 12.6. The van der Waals surface area contributed by atoms with Crippen LogP contribution >= 0.6 is 0 Å². The van der Waals surface area contributed by atoms with E-state index in [2.05, 4.69) is 43.6 Å². The van der Waals surface area contributed by atoms with Gasteiger partial charge in [-0.15, -0.1) is 0 Å². The van der Waals surface area contributed by atoms with E-state index in [0.29, 0.717) is 0 Å². The van der Waals surface area contributed by atoms with Gasteiger partial charge in [0.15, 0.2) is 0 Å².